The number of hydrogen-bond donors (Lipinski definition) is 2. The average Bonchev–Trinajstić information content (AvgIpc) is 3.38. The molecular weight excluding hydrogens is 415 g/mol. The molecule has 0 aliphatic carbocycles. The number of aromatic amines is 1. The van der Waals surface area contributed by atoms with Gasteiger partial charge in [0.15, 0.2) is 0 Å². The SMILES string of the molecule is Cc1sc2cc(C(=O)Nc3cccc(C(F)(F)F)c3C)[nH]c2c1C(=O)N1CCCC1. The maximum absolute atomic E-state index is 13.1. The van der Waals surface area contributed by atoms with Gasteiger partial charge in [0.1, 0.15) is 5.69 Å². The fourth-order valence-electron chi connectivity index (χ4n) is 3.82. The molecule has 3 aromatic rings. The Morgan fingerprint density at radius 3 is 2.53 bits per heavy atom. The van der Waals surface area contributed by atoms with E-state index in [9.17, 15) is 22.8 Å². The van der Waals surface area contributed by atoms with E-state index in [1.54, 1.807) is 11.0 Å². The van der Waals surface area contributed by atoms with Crippen molar-refractivity contribution in [3.05, 3.63) is 51.5 Å². The van der Waals surface area contributed by atoms with Crippen LogP contribution in [0.25, 0.3) is 10.2 Å². The Bertz CT molecular complexity index is 1140. The zero-order valence-corrected chi connectivity index (χ0v) is 17.3. The van der Waals surface area contributed by atoms with Crippen molar-refractivity contribution in [2.75, 3.05) is 18.4 Å². The van der Waals surface area contributed by atoms with Gasteiger partial charge in [0.2, 0.25) is 0 Å². The number of anilines is 1. The van der Waals surface area contributed by atoms with Gasteiger partial charge in [-0.2, -0.15) is 13.2 Å². The molecule has 2 amide bonds. The van der Waals surface area contributed by atoms with E-state index in [1.807, 2.05) is 6.92 Å². The van der Waals surface area contributed by atoms with Crippen molar-refractivity contribution in [2.24, 2.45) is 0 Å². The van der Waals surface area contributed by atoms with Crippen molar-refractivity contribution in [1.82, 2.24) is 9.88 Å². The second kappa shape index (κ2) is 7.46. The molecule has 1 aliphatic rings. The lowest BCUT2D eigenvalue weighted by atomic mass is 10.1. The number of nitrogens with zero attached hydrogens (tertiary/aromatic N) is 1. The van der Waals surface area contributed by atoms with Gasteiger partial charge in [-0.25, -0.2) is 0 Å². The number of rotatable bonds is 3. The Hall–Kier alpha value is -2.81. The average molecular weight is 435 g/mol. The van der Waals surface area contributed by atoms with Crippen molar-refractivity contribution < 1.29 is 22.8 Å². The zero-order valence-electron chi connectivity index (χ0n) is 16.4. The topological polar surface area (TPSA) is 65.2 Å². The standard InChI is InChI=1S/C21H20F3N3O2S/c1-11-13(21(22,23)24)6-5-7-14(11)26-19(28)15-10-16-18(25-15)17(12(2)30-16)20(29)27-8-3-4-9-27/h5-7,10,25H,3-4,8-9H2,1-2H3,(H,26,28). The van der Waals surface area contributed by atoms with Gasteiger partial charge in [-0.15, -0.1) is 11.3 Å². The molecular formula is C21H20F3N3O2S. The van der Waals surface area contributed by atoms with E-state index in [1.165, 1.54) is 30.4 Å². The number of amides is 2. The Kier molecular flexibility index (Phi) is 5.09. The number of carbonyl (C=O) groups is 2. The van der Waals surface area contributed by atoms with Crippen LogP contribution in [-0.4, -0.2) is 34.8 Å². The summed E-state index contributed by atoms with van der Waals surface area (Å²) in [4.78, 5) is 31.3. The molecule has 1 saturated heterocycles. The summed E-state index contributed by atoms with van der Waals surface area (Å²) < 4.78 is 40.1. The highest BCUT2D eigenvalue weighted by Crippen LogP contribution is 2.35. The van der Waals surface area contributed by atoms with Gasteiger partial charge in [-0.05, 0) is 50.5 Å². The Labute approximate surface area is 174 Å². The van der Waals surface area contributed by atoms with Crippen LogP contribution in [0.3, 0.4) is 0 Å². The summed E-state index contributed by atoms with van der Waals surface area (Å²) in [7, 11) is 0. The quantitative estimate of drug-likeness (QED) is 0.582. The van der Waals surface area contributed by atoms with Crippen LogP contribution < -0.4 is 5.32 Å². The first-order valence-electron chi connectivity index (χ1n) is 9.56. The molecule has 1 fully saturated rings. The molecule has 2 N–H and O–H groups in total. The van der Waals surface area contributed by atoms with Gasteiger partial charge in [0.05, 0.1) is 21.3 Å². The van der Waals surface area contributed by atoms with Gasteiger partial charge >= 0.3 is 6.18 Å². The van der Waals surface area contributed by atoms with Crippen LogP contribution in [0.4, 0.5) is 18.9 Å². The molecule has 0 radical (unpaired) electrons. The summed E-state index contributed by atoms with van der Waals surface area (Å²) >= 11 is 1.41. The largest absolute Gasteiger partial charge is 0.416 e. The minimum Gasteiger partial charge on any atom is -0.349 e. The number of carbonyl (C=O) groups excluding carboxylic acids is 2. The van der Waals surface area contributed by atoms with Crippen molar-refractivity contribution in [1.29, 1.82) is 0 Å². The number of fused-ring (bicyclic) bond motifs is 1. The summed E-state index contributed by atoms with van der Waals surface area (Å²) in [6.45, 7) is 4.63. The fraction of sp³-hybridized carbons (Fsp3) is 0.333. The van der Waals surface area contributed by atoms with Crippen LogP contribution in [0, 0.1) is 13.8 Å². The maximum Gasteiger partial charge on any atom is 0.416 e. The lowest BCUT2D eigenvalue weighted by Gasteiger charge is -2.15. The van der Waals surface area contributed by atoms with E-state index >= 15 is 0 Å². The first kappa shape index (κ1) is 20.5. The number of nitrogens with one attached hydrogen (secondary N) is 2. The predicted octanol–water partition coefficient (Wildman–Crippen LogP) is 5.35. The van der Waals surface area contributed by atoms with Crippen LogP contribution in [-0.2, 0) is 6.18 Å². The van der Waals surface area contributed by atoms with Crippen LogP contribution in [0.1, 0.15) is 49.7 Å². The number of benzene rings is 1. The number of halogens is 3. The van der Waals surface area contributed by atoms with Crippen LogP contribution >= 0.6 is 11.3 Å². The molecule has 0 saturated carbocycles. The third kappa shape index (κ3) is 3.58. The first-order chi connectivity index (χ1) is 14.2. The Morgan fingerprint density at radius 1 is 1.17 bits per heavy atom. The van der Waals surface area contributed by atoms with E-state index in [0.717, 1.165) is 41.6 Å². The predicted molar refractivity (Wildman–Crippen MR) is 110 cm³/mol. The lowest BCUT2D eigenvalue weighted by molar-refractivity contribution is -0.138. The van der Waals surface area contributed by atoms with Gasteiger partial charge < -0.3 is 15.2 Å². The van der Waals surface area contributed by atoms with Crippen molar-refractivity contribution in [3.8, 4) is 0 Å². The molecule has 4 rings (SSSR count). The number of hydrogen-bond acceptors (Lipinski definition) is 3. The summed E-state index contributed by atoms with van der Waals surface area (Å²) in [5.74, 6) is -0.614. The third-order valence-corrected chi connectivity index (χ3v) is 6.44. The molecule has 1 aliphatic heterocycles. The molecule has 9 heteroatoms. The number of aromatic nitrogens is 1. The molecule has 158 valence electrons. The molecule has 2 aromatic heterocycles. The van der Waals surface area contributed by atoms with Crippen LogP contribution in [0.2, 0.25) is 0 Å². The van der Waals surface area contributed by atoms with E-state index in [4.69, 9.17) is 0 Å². The smallest absolute Gasteiger partial charge is 0.349 e. The Balaban J connectivity index is 1.63. The number of thiophene rings is 1. The molecule has 0 unspecified atom stereocenters. The summed E-state index contributed by atoms with van der Waals surface area (Å²) in [6, 6.07) is 5.30. The fourth-order valence-corrected chi connectivity index (χ4v) is 4.87. The highest BCUT2D eigenvalue weighted by Gasteiger charge is 2.33. The molecule has 0 spiro atoms. The van der Waals surface area contributed by atoms with E-state index in [2.05, 4.69) is 10.3 Å². The maximum atomic E-state index is 13.1. The molecule has 3 heterocycles. The third-order valence-electron chi connectivity index (χ3n) is 5.39. The Morgan fingerprint density at radius 2 is 1.87 bits per heavy atom. The number of likely N-dealkylation sites (tertiary alicyclic amines) is 1. The minimum atomic E-state index is -4.50. The zero-order chi connectivity index (χ0) is 21.6. The molecule has 0 atom stereocenters. The second-order valence-corrected chi connectivity index (χ2v) is 8.64. The molecule has 0 bridgehead atoms. The second-order valence-electron chi connectivity index (χ2n) is 7.38. The van der Waals surface area contributed by atoms with Gasteiger partial charge in [-0.1, -0.05) is 6.07 Å². The molecule has 5 nitrogen and oxygen atoms in total. The number of aryl methyl sites for hydroxylation is 1. The van der Waals surface area contributed by atoms with Crippen molar-refractivity contribution in [3.63, 3.8) is 0 Å². The van der Waals surface area contributed by atoms with Gasteiger partial charge in [-0.3, -0.25) is 9.59 Å². The van der Waals surface area contributed by atoms with Crippen molar-refractivity contribution >= 4 is 39.1 Å². The molecule has 30 heavy (non-hydrogen) atoms. The number of H-pyrrole nitrogens is 1. The van der Waals surface area contributed by atoms with Crippen LogP contribution in [0.5, 0.6) is 0 Å². The van der Waals surface area contributed by atoms with E-state index in [-0.39, 0.29) is 22.9 Å². The summed E-state index contributed by atoms with van der Waals surface area (Å²) in [6.07, 6.45) is -2.54. The monoisotopic (exact) mass is 435 g/mol. The first-order valence-corrected chi connectivity index (χ1v) is 10.4. The van der Waals surface area contributed by atoms with E-state index < -0.39 is 17.6 Å². The van der Waals surface area contributed by atoms with Crippen LogP contribution in [0.15, 0.2) is 24.3 Å². The minimum absolute atomic E-state index is 0.0486. The van der Waals surface area contributed by atoms with Crippen molar-refractivity contribution in [2.45, 2.75) is 32.9 Å². The highest BCUT2D eigenvalue weighted by atomic mass is 32.1. The summed E-state index contributed by atoms with van der Waals surface area (Å²) in [5.41, 5.74) is 0.613. The molecule has 1 aromatic carbocycles. The van der Waals surface area contributed by atoms with E-state index in [0.29, 0.717) is 11.1 Å². The lowest BCUT2D eigenvalue weighted by Crippen LogP contribution is -2.27. The van der Waals surface area contributed by atoms with Gasteiger partial charge in [0.25, 0.3) is 11.8 Å². The normalized spacial score (nSPS) is 14.5. The van der Waals surface area contributed by atoms with Gasteiger partial charge in [0, 0.05) is 23.7 Å². The highest BCUT2D eigenvalue weighted by molar-refractivity contribution is 7.19. The summed E-state index contributed by atoms with van der Waals surface area (Å²) in [5, 5.41) is 2.55. The number of alkyl halides is 3.